The van der Waals surface area contributed by atoms with Crippen molar-refractivity contribution in [1.82, 2.24) is 0 Å². The average molecular weight is 409 g/mol. The van der Waals surface area contributed by atoms with Crippen molar-refractivity contribution in [2.75, 3.05) is 5.75 Å². The summed E-state index contributed by atoms with van der Waals surface area (Å²) in [7, 11) is 0. The van der Waals surface area contributed by atoms with Crippen LogP contribution in [0, 0.1) is 17.3 Å². The Hall–Kier alpha value is -2.53. The van der Waals surface area contributed by atoms with Crippen LogP contribution >= 0.6 is 11.8 Å². The molecule has 5 heteroatoms. The minimum absolute atomic E-state index is 0.0698. The average Bonchev–Trinajstić information content (AvgIpc) is 3.01. The van der Waals surface area contributed by atoms with Gasteiger partial charge in [0, 0.05) is 11.3 Å². The Bertz CT molecular complexity index is 948. The van der Waals surface area contributed by atoms with Crippen molar-refractivity contribution in [1.29, 1.82) is 0 Å². The first-order valence-electron chi connectivity index (χ1n) is 9.81. The summed E-state index contributed by atoms with van der Waals surface area (Å²) in [5.41, 5.74) is 1.56. The molecule has 1 saturated heterocycles. The zero-order chi connectivity index (χ0) is 20.4. The minimum Gasteiger partial charge on any atom is -0.461 e. The van der Waals surface area contributed by atoms with Crippen LogP contribution in [0.1, 0.15) is 25.8 Å². The summed E-state index contributed by atoms with van der Waals surface area (Å²) in [5, 5.41) is 0.148. The summed E-state index contributed by atoms with van der Waals surface area (Å²) in [4.78, 5) is 24.5. The minimum atomic E-state index is -0.204. The van der Waals surface area contributed by atoms with Crippen LogP contribution in [0.2, 0.25) is 0 Å². The maximum atomic E-state index is 12.7. The largest absolute Gasteiger partial charge is 0.461 e. The molecule has 1 aliphatic heterocycles. The summed E-state index contributed by atoms with van der Waals surface area (Å²) < 4.78 is 11.4. The lowest BCUT2D eigenvalue weighted by Gasteiger charge is -2.09. The van der Waals surface area contributed by atoms with Gasteiger partial charge in [-0.15, -0.1) is 0 Å². The van der Waals surface area contributed by atoms with Gasteiger partial charge < -0.3 is 9.47 Å². The second-order valence-corrected chi connectivity index (χ2v) is 9.14. The third-order valence-corrected chi connectivity index (χ3v) is 6.60. The van der Waals surface area contributed by atoms with E-state index in [9.17, 15) is 9.59 Å². The number of para-hydroxylation sites is 1. The number of thioether (sulfide) groups is 1. The van der Waals surface area contributed by atoms with Crippen LogP contribution in [0.3, 0.4) is 0 Å². The summed E-state index contributed by atoms with van der Waals surface area (Å²) in [6, 6.07) is 17.1. The maximum absolute atomic E-state index is 12.7. The number of hydrogen-bond donors (Lipinski definition) is 0. The van der Waals surface area contributed by atoms with Crippen molar-refractivity contribution >= 4 is 22.8 Å². The SMILES string of the molecule is CC1(C)[C@H](C(=O)OCc2cccc(Oc3ccccc3)c2)[C@@H]1/C=C1\CCSC1=O. The molecule has 0 unspecified atom stereocenters. The Morgan fingerprint density at radius 1 is 1.14 bits per heavy atom. The van der Waals surface area contributed by atoms with Gasteiger partial charge in [0.1, 0.15) is 18.1 Å². The molecule has 2 atom stereocenters. The fraction of sp³-hybridized carbons (Fsp3) is 0.333. The molecule has 1 aliphatic carbocycles. The van der Waals surface area contributed by atoms with Gasteiger partial charge in [-0.2, -0.15) is 0 Å². The normalized spacial score (nSPS) is 23.8. The van der Waals surface area contributed by atoms with Crippen molar-refractivity contribution in [2.24, 2.45) is 17.3 Å². The van der Waals surface area contributed by atoms with Crippen LogP contribution in [0.15, 0.2) is 66.2 Å². The zero-order valence-electron chi connectivity index (χ0n) is 16.6. The third-order valence-electron chi connectivity index (χ3n) is 5.67. The quantitative estimate of drug-likeness (QED) is 0.474. The Morgan fingerprint density at radius 3 is 2.62 bits per heavy atom. The maximum Gasteiger partial charge on any atom is 0.310 e. The van der Waals surface area contributed by atoms with E-state index < -0.39 is 0 Å². The Kier molecular flexibility index (Phi) is 5.50. The monoisotopic (exact) mass is 408 g/mol. The standard InChI is InChI=1S/C24H24O4S/c1-24(2)20(14-17-11-12-29-23(17)26)21(24)22(25)27-15-16-7-6-10-19(13-16)28-18-8-4-3-5-9-18/h3-10,13-14,20-21H,11-12,15H2,1-2H3/b17-14+/t20-,21-/m0/s1. The number of rotatable bonds is 6. The van der Waals surface area contributed by atoms with Crippen LogP contribution < -0.4 is 4.74 Å². The second-order valence-electron chi connectivity index (χ2n) is 8.07. The molecule has 29 heavy (non-hydrogen) atoms. The lowest BCUT2D eigenvalue weighted by molar-refractivity contribution is -0.147. The van der Waals surface area contributed by atoms with Gasteiger partial charge in [-0.3, -0.25) is 9.59 Å². The smallest absolute Gasteiger partial charge is 0.310 e. The highest BCUT2D eigenvalue weighted by Gasteiger charge is 2.61. The van der Waals surface area contributed by atoms with Gasteiger partial charge in [-0.05, 0) is 47.6 Å². The van der Waals surface area contributed by atoms with E-state index in [1.807, 2.05) is 60.7 Å². The molecule has 150 valence electrons. The molecule has 2 aromatic rings. The van der Waals surface area contributed by atoms with Crippen LogP contribution in [0.25, 0.3) is 0 Å². The van der Waals surface area contributed by atoms with E-state index in [0.29, 0.717) is 5.75 Å². The molecule has 0 spiro atoms. The zero-order valence-corrected chi connectivity index (χ0v) is 17.4. The van der Waals surface area contributed by atoms with E-state index in [0.717, 1.165) is 29.1 Å². The first-order chi connectivity index (χ1) is 13.9. The van der Waals surface area contributed by atoms with E-state index in [4.69, 9.17) is 9.47 Å². The number of hydrogen-bond acceptors (Lipinski definition) is 5. The van der Waals surface area contributed by atoms with Crippen molar-refractivity contribution in [3.63, 3.8) is 0 Å². The van der Waals surface area contributed by atoms with Crippen molar-refractivity contribution < 1.29 is 19.1 Å². The van der Waals surface area contributed by atoms with Crippen LogP contribution in [-0.2, 0) is 20.9 Å². The third kappa shape index (κ3) is 4.40. The van der Waals surface area contributed by atoms with E-state index in [2.05, 4.69) is 13.8 Å². The molecule has 4 nitrogen and oxygen atoms in total. The highest BCUT2D eigenvalue weighted by atomic mass is 32.2. The summed E-state index contributed by atoms with van der Waals surface area (Å²) >= 11 is 1.36. The first kappa shape index (κ1) is 19.8. The molecule has 0 N–H and O–H groups in total. The molecule has 1 saturated carbocycles. The van der Waals surface area contributed by atoms with Gasteiger partial charge in [0.2, 0.25) is 5.12 Å². The van der Waals surface area contributed by atoms with E-state index in [1.54, 1.807) is 0 Å². The fourth-order valence-electron chi connectivity index (χ4n) is 3.82. The second kappa shape index (κ2) is 8.07. The predicted molar refractivity (Wildman–Crippen MR) is 114 cm³/mol. The summed E-state index contributed by atoms with van der Waals surface area (Å²) in [6.07, 6.45) is 2.80. The van der Waals surface area contributed by atoms with E-state index in [-0.39, 0.29) is 34.9 Å². The fourth-order valence-corrected chi connectivity index (χ4v) is 4.69. The van der Waals surface area contributed by atoms with Crippen molar-refractivity contribution in [3.8, 4) is 11.5 Å². The number of allylic oxidation sites excluding steroid dienone is 1. The Morgan fingerprint density at radius 2 is 1.90 bits per heavy atom. The Balaban J connectivity index is 1.36. The van der Waals surface area contributed by atoms with E-state index >= 15 is 0 Å². The van der Waals surface area contributed by atoms with Gasteiger partial charge in [-0.25, -0.2) is 0 Å². The van der Waals surface area contributed by atoms with Crippen molar-refractivity contribution in [3.05, 3.63) is 71.8 Å². The molecule has 4 rings (SSSR count). The molecule has 2 aromatic carbocycles. The Labute approximate surface area is 175 Å². The molecule has 0 bridgehead atoms. The van der Waals surface area contributed by atoms with Crippen molar-refractivity contribution in [2.45, 2.75) is 26.9 Å². The molecule has 1 heterocycles. The van der Waals surface area contributed by atoms with Gasteiger partial charge >= 0.3 is 5.97 Å². The summed E-state index contributed by atoms with van der Waals surface area (Å²) in [6.45, 7) is 4.32. The molecule has 2 fully saturated rings. The number of benzene rings is 2. The lowest BCUT2D eigenvalue weighted by atomic mass is 10.1. The number of carbonyl (C=O) groups excluding carboxylic acids is 2. The number of ether oxygens (including phenoxy) is 2. The van der Waals surface area contributed by atoms with Gasteiger partial charge in [0.25, 0.3) is 0 Å². The molecule has 0 radical (unpaired) electrons. The lowest BCUT2D eigenvalue weighted by Crippen LogP contribution is -2.10. The van der Waals surface area contributed by atoms with Gasteiger partial charge in [0.05, 0.1) is 5.92 Å². The molecule has 0 aromatic heterocycles. The van der Waals surface area contributed by atoms with E-state index in [1.165, 1.54) is 11.8 Å². The first-order valence-corrected chi connectivity index (χ1v) is 10.8. The van der Waals surface area contributed by atoms with Gasteiger partial charge in [0.15, 0.2) is 0 Å². The topological polar surface area (TPSA) is 52.6 Å². The number of carbonyl (C=O) groups is 2. The van der Waals surface area contributed by atoms with Crippen LogP contribution in [0.4, 0.5) is 0 Å². The number of esters is 1. The highest BCUT2D eigenvalue weighted by molar-refractivity contribution is 8.14. The molecule has 0 amide bonds. The molecule has 2 aliphatic rings. The molecular weight excluding hydrogens is 384 g/mol. The van der Waals surface area contributed by atoms with Gasteiger partial charge in [-0.1, -0.05) is 62.0 Å². The van der Waals surface area contributed by atoms with Crippen LogP contribution in [0.5, 0.6) is 11.5 Å². The highest BCUT2D eigenvalue weighted by Crippen LogP contribution is 2.60. The summed E-state index contributed by atoms with van der Waals surface area (Å²) in [5.74, 6) is 1.98. The molecular formula is C24H24O4S. The predicted octanol–water partition coefficient (Wildman–Crippen LogP) is 5.38. The van der Waals surface area contributed by atoms with Crippen LogP contribution in [-0.4, -0.2) is 16.8 Å².